The highest BCUT2D eigenvalue weighted by atomic mass is 79.9. The summed E-state index contributed by atoms with van der Waals surface area (Å²) in [6.07, 6.45) is 0. The van der Waals surface area contributed by atoms with Gasteiger partial charge in [-0.3, -0.25) is 0 Å². The Balaban J connectivity index is 2.14. The Morgan fingerprint density at radius 2 is 1.32 bits per heavy atom. The van der Waals surface area contributed by atoms with E-state index in [1.165, 1.54) is 48.9 Å². The summed E-state index contributed by atoms with van der Waals surface area (Å²) < 4.78 is 4.68. The molecule has 0 aliphatic rings. The predicted molar refractivity (Wildman–Crippen MR) is 114 cm³/mol. The molecule has 0 N–H and O–H groups in total. The minimum atomic E-state index is 1.12. The zero-order chi connectivity index (χ0) is 16.7. The number of hydrogen-bond acceptors (Lipinski definition) is 0. The molecule has 0 bridgehead atoms. The average molecular weight is 449 g/mol. The molecule has 4 aromatic carbocycles. The Hall–Kier alpha value is -2.10. The van der Waals surface area contributed by atoms with Crippen LogP contribution >= 0.6 is 31.9 Å². The number of hydrogen-bond donors (Lipinski definition) is 0. The largest absolute Gasteiger partial charge is 0.308 e. The lowest BCUT2D eigenvalue weighted by molar-refractivity contribution is 1.35. The van der Waals surface area contributed by atoms with Crippen LogP contribution in [0.15, 0.2) is 75.7 Å². The van der Waals surface area contributed by atoms with Crippen molar-refractivity contribution in [2.45, 2.75) is 0 Å². The van der Waals surface area contributed by atoms with Crippen LogP contribution in [-0.4, -0.2) is 4.40 Å². The molecule has 2 aromatic heterocycles. The molecule has 0 aliphatic heterocycles. The first-order valence-electron chi connectivity index (χ1n) is 8.19. The summed E-state index contributed by atoms with van der Waals surface area (Å²) in [5, 5.41) is 7.75. The van der Waals surface area contributed by atoms with Gasteiger partial charge >= 0.3 is 0 Å². The van der Waals surface area contributed by atoms with Crippen LogP contribution in [0.3, 0.4) is 0 Å². The van der Waals surface area contributed by atoms with E-state index >= 15 is 0 Å². The summed E-state index contributed by atoms with van der Waals surface area (Å²) in [5.41, 5.74) is 3.82. The average Bonchev–Trinajstić information content (AvgIpc) is 2.96. The van der Waals surface area contributed by atoms with Gasteiger partial charge in [0.25, 0.3) is 0 Å². The third kappa shape index (κ3) is 1.68. The number of halogens is 2. The number of fused-ring (bicyclic) bond motifs is 5. The van der Waals surface area contributed by atoms with Gasteiger partial charge in [-0.1, -0.05) is 68.3 Å². The van der Waals surface area contributed by atoms with E-state index < -0.39 is 0 Å². The molecule has 3 heteroatoms. The van der Waals surface area contributed by atoms with Crippen molar-refractivity contribution in [2.24, 2.45) is 0 Å². The molecule has 2 heterocycles. The minimum absolute atomic E-state index is 1.12. The van der Waals surface area contributed by atoms with Gasteiger partial charge in [-0.05, 0) is 41.1 Å². The predicted octanol–water partition coefficient (Wildman–Crippen LogP) is 7.51. The molecule has 6 aromatic rings. The maximum absolute atomic E-state index is 3.73. The first-order chi connectivity index (χ1) is 12.2. The normalized spacial score (nSPS) is 12.4. The van der Waals surface area contributed by atoms with E-state index in [0.717, 1.165) is 8.95 Å². The SMILES string of the molecule is Brc1cc2c3cccc4c(Br)ccc(c43)n3c4ccccc4c(c1)c23. The molecule has 0 amide bonds. The molecule has 0 saturated heterocycles. The van der Waals surface area contributed by atoms with Gasteiger partial charge in [-0.15, -0.1) is 0 Å². The summed E-state index contributed by atoms with van der Waals surface area (Å²) in [6, 6.07) is 24.1. The fraction of sp³-hybridized carbons (Fsp3) is 0. The molecule has 1 nitrogen and oxygen atoms in total. The quantitative estimate of drug-likeness (QED) is 0.167. The number of pyridine rings is 1. The molecule has 0 fully saturated rings. The second-order valence-electron chi connectivity index (χ2n) is 6.50. The summed E-state index contributed by atoms with van der Waals surface area (Å²) >= 11 is 7.46. The highest BCUT2D eigenvalue weighted by molar-refractivity contribution is 9.11. The minimum Gasteiger partial charge on any atom is -0.308 e. The molecule has 0 saturated carbocycles. The highest BCUT2D eigenvalue weighted by Gasteiger charge is 2.18. The first kappa shape index (κ1) is 14.1. The molecule has 118 valence electrons. The Kier molecular flexibility index (Phi) is 2.68. The topological polar surface area (TPSA) is 4.41 Å². The van der Waals surface area contributed by atoms with Gasteiger partial charge in [-0.25, -0.2) is 0 Å². The summed E-state index contributed by atoms with van der Waals surface area (Å²) in [7, 11) is 0. The van der Waals surface area contributed by atoms with Crippen LogP contribution in [0.1, 0.15) is 0 Å². The van der Waals surface area contributed by atoms with Crippen LogP contribution < -0.4 is 0 Å². The van der Waals surface area contributed by atoms with Gasteiger partial charge in [0.15, 0.2) is 0 Å². The molecule has 0 atom stereocenters. The van der Waals surface area contributed by atoms with Crippen molar-refractivity contribution in [1.29, 1.82) is 0 Å². The first-order valence-corrected chi connectivity index (χ1v) is 9.77. The number of aromatic nitrogens is 1. The third-order valence-corrected chi connectivity index (χ3v) is 6.38. The van der Waals surface area contributed by atoms with E-state index in [2.05, 4.69) is 103 Å². The zero-order valence-electron chi connectivity index (χ0n) is 13.1. The number of nitrogens with zero attached hydrogens (tertiary/aromatic N) is 1. The van der Waals surface area contributed by atoms with Crippen molar-refractivity contribution in [3.63, 3.8) is 0 Å². The van der Waals surface area contributed by atoms with Crippen molar-refractivity contribution in [3.05, 3.63) is 75.7 Å². The van der Waals surface area contributed by atoms with Crippen LogP contribution in [0.2, 0.25) is 0 Å². The van der Waals surface area contributed by atoms with E-state index in [1.807, 2.05) is 0 Å². The Morgan fingerprint density at radius 1 is 0.600 bits per heavy atom. The van der Waals surface area contributed by atoms with E-state index in [-0.39, 0.29) is 0 Å². The van der Waals surface area contributed by atoms with Crippen LogP contribution in [0, 0.1) is 0 Å². The summed E-state index contributed by atoms with van der Waals surface area (Å²) in [4.78, 5) is 0. The van der Waals surface area contributed by atoms with Crippen molar-refractivity contribution in [2.75, 3.05) is 0 Å². The lowest BCUT2D eigenvalue weighted by atomic mass is 9.99. The Bertz CT molecular complexity index is 1460. The maximum atomic E-state index is 3.73. The number of benzene rings is 4. The number of para-hydroxylation sites is 1. The Morgan fingerprint density at radius 3 is 2.20 bits per heavy atom. The summed E-state index contributed by atoms with van der Waals surface area (Å²) in [6.45, 7) is 0. The van der Waals surface area contributed by atoms with Gasteiger partial charge in [0, 0.05) is 30.5 Å². The van der Waals surface area contributed by atoms with Crippen LogP contribution in [-0.2, 0) is 0 Å². The Labute approximate surface area is 160 Å². The van der Waals surface area contributed by atoms with E-state index in [9.17, 15) is 0 Å². The van der Waals surface area contributed by atoms with Gasteiger partial charge in [0.2, 0.25) is 0 Å². The summed E-state index contributed by atoms with van der Waals surface area (Å²) in [5.74, 6) is 0. The molecular formula is C22H11Br2N. The van der Waals surface area contributed by atoms with E-state index in [0.29, 0.717) is 0 Å². The lowest BCUT2D eigenvalue weighted by Gasteiger charge is -2.14. The second-order valence-corrected chi connectivity index (χ2v) is 8.27. The van der Waals surface area contributed by atoms with Gasteiger partial charge in [0.05, 0.1) is 16.6 Å². The van der Waals surface area contributed by atoms with Crippen molar-refractivity contribution < 1.29 is 0 Å². The molecule has 25 heavy (non-hydrogen) atoms. The van der Waals surface area contributed by atoms with Gasteiger partial charge < -0.3 is 4.40 Å². The van der Waals surface area contributed by atoms with Crippen molar-refractivity contribution in [1.82, 2.24) is 4.40 Å². The van der Waals surface area contributed by atoms with Gasteiger partial charge in [0.1, 0.15) is 0 Å². The van der Waals surface area contributed by atoms with Crippen molar-refractivity contribution in [3.8, 4) is 0 Å². The molecule has 0 unspecified atom stereocenters. The molecule has 0 aliphatic carbocycles. The van der Waals surface area contributed by atoms with E-state index in [1.54, 1.807) is 0 Å². The van der Waals surface area contributed by atoms with Crippen molar-refractivity contribution >= 4 is 80.7 Å². The third-order valence-electron chi connectivity index (χ3n) is 5.23. The molecule has 6 rings (SSSR count). The fourth-order valence-electron chi connectivity index (χ4n) is 4.28. The van der Waals surface area contributed by atoms with E-state index in [4.69, 9.17) is 0 Å². The second kappa shape index (κ2) is 4.75. The molecule has 0 spiro atoms. The molecule has 0 radical (unpaired) electrons. The monoisotopic (exact) mass is 447 g/mol. The molecular weight excluding hydrogens is 438 g/mol. The fourth-order valence-corrected chi connectivity index (χ4v) is 5.20. The highest BCUT2D eigenvalue weighted by Crippen LogP contribution is 2.42. The smallest absolute Gasteiger partial charge is 0.0620 e. The standard InChI is InChI=1S/C22H11Br2N/c23-12-10-16-13-4-1-2-7-19(13)25-20-9-8-18(24)15-6-3-5-14(21(15)20)17(11-12)22(16)25/h1-11H. The zero-order valence-corrected chi connectivity index (χ0v) is 16.2. The van der Waals surface area contributed by atoms with Crippen LogP contribution in [0.4, 0.5) is 0 Å². The van der Waals surface area contributed by atoms with Gasteiger partial charge in [-0.2, -0.15) is 0 Å². The lowest BCUT2D eigenvalue weighted by Crippen LogP contribution is -1.92. The number of rotatable bonds is 0. The maximum Gasteiger partial charge on any atom is 0.0620 e. The van der Waals surface area contributed by atoms with Crippen LogP contribution in [0.5, 0.6) is 0 Å². The van der Waals surface area contributed by atoms with Crippen LogP contribution in [0.25, 0.3) is 48.9 Å².